The Hall–Kier alpha value is -1.59. The van der Waals surface area contributed by atoms with Gasteiger partial charge in [-0.3, -0.25) is 4.55 Å². The molecule has 0 amide bonds. The molecule has 0 saturated heterocycles. The Kier molecular flexibility index (Phi) is 3.78. The molecule has 19 heavy (non-hydrogen) atoms. The molecule has 2 aromatic carbocycles. The number of hydrogen-bond acceptors (Lipinski definition) is 3. The van der Waals surface area contributed by atoms with Gasteiger partial charge in [-0.2, -0.15) is 8.42 Å². The van der Waals surface area contributed by atoms with Gasteiger partial charge in [-0.25, -0.2) is 0 Å². The molecule has 0 aromatic heterocycles. The minimum absolute atomic E-state index is 0.0725. The lowest BCUT2D eigenvalue weighted by molar-refractivity contribution is 0.483. The number of nitrogens with zero attached hydrogens (tertiary/aromatic N) is 1. The van der Waals surface area contributed by atoms with E-state index in [0.29, 0.717) is 0 Å². The molecular weight excluding hydrogens is 262 g/mol. The van der Waals surface area contributed by atoms with Gasteiger partial charge in [0.25, 0.3) is 10.1 Å². The minimum atomic E-state index is -4.15. The third-order valence-corrected chi connectivity index (χ3v) is 4.08. The predicted octanol–water partition coefficient (Wildman–Crippen LogP) is 2.93. The molecule has 0 bridgehead atoms. The van der Waals surface area contributed by atoms with E-state index >= 15 is 0 Å². The monoisotopic (exact) mass is 279 g/mol. The Balaban J connectivity index is 2.65. The van der Waals surface area contributed by atoms with E-state index in [-0.39, 0.29) is 4.90 Å². The third kappa shape index (κ3) is 2.72. The highest BCUT2D eigenvalue weighted by molar-refractivity contribution is 7.85. The maximum absolute atomic E-state index is 11.2. The lowest BCUT2D eigenvalue weighted by Crippen LogP contribution is -2.21. The molecule has 0 aliphatic rings. The van der Waals surface area contributed by atoms with Crippen molar-refractivity contribution in [2.75, 3.05) is 18.0 Å². The van der Waals surface area contributed by atoms with Gasteiger partial charge >= 0.3 is 0 Å². The second-order valence-corrected chi connectivity index (χ2v) is 5.73. The van der Waals surface area contributed by atoms with Gasteiger partial charge in [0, 0.05) is 24.2 Å². The fraction of sp³-hybridized carbons (Fsp3) is 0.286. The summed E-state index contributed by atoms with van der Waals surface area (Å²) in [5.74, 6) is 0. The van der Waals surface area contributed by atoms with Gasteiger partial charge in [-0.1, -0.05) is 18.2 Å². The molecule has 4 nitrogen and oxygen atoms in total. The molecule has 0 aliphatic carbocycles. The van der Waals surface area contributed by atoms with Crippen LogP contribution in [0.15, 0.2) is 41.3 Å². The van der Waals surface area contributed by atoms with Crippen LogP contribution in [-0.4, -0.2) is 26.1 Å². The van der Waals surface area contributed by atoms with Crippen molar-refractivity contribution in [3.05, 3.63) is 36.4 Å². The largest absolute Gasteiger partial charge is 0.372 e. The first kappa shape index (κ1) is 13.8. The van der Waals surface area contributed by atoms with Crippen molar-refractivity contribution < 1.29 is 13.0 Å². The zero-order chi connectivity index (χ0) is 14.0. The highest BCUT2D eigenvalue weighted by Gasteiger charge is 2.12. The summed E-state index contributed by atoms with van der Waals surface area (Å²) in [5, 5.41) is 1.79. The van der Waals surface area contributed by atoms with Crippen LogP contribution in [0.25, 0.3) is 10.8 Å². The molecule has 0 aliphatic heterocycles. The molecule has 2 rings (SSSR count). The van der Waals surface area contributed by atoms with Crippen LogP contribution in [0, 0.1) is 0 Å². The van der Waals surface area contributed by atoms with Crippen LogP contribution in [0.2, 0.25) is 0 Å². The van der Waals surface area contributed by atoms with Crippen LogP contribution in [0.3, 0.4) is 0 Å². The molecule has 0 spiro atoms. The van der Waals surface area contributed by atoms with Gasteiger partial charge in [0.05, 0.1) is 4.90 Å². The van der Waals surface area contributed by atoms with Gasteiger partial charge < -0.3 is 4.90 Å². The third-order valence-electron chi connectivity index (χ3n) is 3.23. The standard InChI is InChI=1S/C14H17NO3S/c1-3-15(4-2)14-7-5-6-11-10-12(19(16,17)18)8-9-13(11)14/h5-10H,3-4H2,1-2H3,(H,16,17,18). The van der Waals surface area contributed by atoms with Crippen molar-refractivity contribution in [3.8, 4) is 0 Å². The van der Waals surface area contributed by atoms with E-state index in [1.165, 1.54) is 12.1 Å². The summed E-state index contributed by atoms with van der Waals surface area (Å²) in [5.41, 5.74) is 1.07. The van der Waals surface area contributed by atoms with Crippen molar-refractivity contribution >= 4 is 26.6 Å². The Morgan fingerprint density at radius 1 is 1.11 bits per heavy atom. The van der Waals surface area contributed by atoms with Gasteiger partial charge in [-0.05, 0) is 37.4 Å². The summed E-state index contributed by atoms with van der Waals surface area (Å²) in [6.45, 7) is 5.93. The van der Waals surface area contributed by atoms with E-state index in [2.05, 4.69) is 18.7 Å². The minimum Gasteiger partial charge on any atom is -0.372 e. The van der Waals surface area contributed by atoms with Crippen molar-refractivity contribution in [1.29, 1.82) is 0 Å². The van der Waals surface area contributed by atoms with Crippen molar-refractivity contribution in [3.63, 3.8) is 0 Å². The molecule has 0 unspecified atom stereocenters. The van der Waals surface area contributed by atoms with Crippen molar-refractivity contribution in [2.45, 2.75) is 18.7 Å². The second-order valence-electron chi connectivity index (χ2n) is 4.31. The lowest BCUT2D eigenvalue weighted by Gasteiger charge is -2.22. The maximum Gasteiger partial charge on any atom is 0.294 e. The highest BCUT2D eigenvalue weighted by Crippen LogP contribution is 2.28. The lowest BCUT2D eigenvalue weighted by atomic mass is 10.1. The van der Waals surface area contributed by atoms with E-state index in [0.717, 1.165) is 29.5 Å². The zero-order valence-electron chi connectivity index (χ0n) is 11.0. The smallest absolute Gasteiger partial charge is 0.294 e. The molecule has 1 N–H and O–H groups in total. The van der Waals surface area contributed by atoms with Crippen molar-refractivity contribution in [1.82, 2.24) is 0 Å². The summed E-state index contributed by atoms with van der Waals surface area (Å²) in [6, 6.07) is 10.4. The Morgan fingerprint density at radius 2 is 1.79 bits per heavy atom. The number of fused-ring (bicyclic) bond motifs is 1. The quantitative estimate of drug-likeness (QED) is 0.874. The summed E-state index contributed by atoms with van der Waals surface area (Å²) in [4.78, 5) is 2.13. The SMILES string of the molecule is CCN(CC)c1cccc2cc(S(=O)(=O)O)ccc12. The Labute approximate surface area is 113 Å². The Bertz CT molecular complexity index is 691. The van der Waals surface area contributed by atoms with E-state index in [9.17, 15) is 8.42 Å². The predicted molar refractivity (Wildman–Crippen MR) is 77.3 cm³/mol. The van der Waals surface area contributed by atoms with Crippen LogP contribution in [0.5, 0.6) is 0 Å². The molecule has 0 fully saturated rings. The number of rotatable bonds is 4. The van der Waals surface area contributed by atoms with Gasteiger partial charge in [0.2, 0.25) is 0 Å². The van der Waals surface area contributed by atoms with Gasteiger partial charge in [0.1, 0.15) is 0 Å². The first-order valence-corrected chi connectivity index (χ1v) is 7.66. The summed E-state index contributed by atoms with van der Waals surface area (Å²) >= 11 is 0. The number of hydrogen-bond donors (Lipinski definition) is 1. The van der Waals surface area contributed by atoms with Gasteiger partial charge in [-0.15, -0.1) is 0 Å². The maximum atomic E-state index is 11.2. The van der Waals surface area contributed by atoms with E-state index in [1.807, 2.05) is 18.2 Å². The molecule has 0 atom stereocenters. The normalized spacial score (nSPS) is 11.7. The first-order chi connectivity index (χ1) is 8.97. The fourth-order valence-electron chi connectivity index (χ4n) is 2.25. The summed E-state index contributed by atoms with van der Waals surface area (Å²) in [6.07, 6.45) is 0. The number of anilines is 1. The van der Waals surface area contributed by atoms with Crippen molar-refractivity contribution in [2.24, 2.45) is 0 Å². The van der Waals surface area contributed by atoms with E-state index in [4.69, 9.17) is 4.55 Å². The van der Waals surface area contributed by atoms with Crippen LogP contribution >= 0.6 is 0 Å². The average molecular weight is 279 g/mol. The Morgan fingerprint density at radius 3 is 2.37 bits per heavy atom. The molecule has 2 aromatic rings. The van der Waals surface area contributed by atoms with Crippen LogP contribution in [-0.2, 0) is 10.1 Å². The van der Waals surface area contributed by atoms with Gasteiger partial charge in [0.15, 0.2) is 0 Å². The zero-order valence-corrected chi connectivity index (χ0v) is 11.8. The van der Waals surface area contributed by atoms with E-state index in [1.54, 1.807) is 6.07 Å². The average Bonchev–Trinajstić information content (AvgIpc) is 2.38. The molecule has 0 saturated carbocycles. The molecule has 0 heterocycles. The fourth-order valence-corrected chi connectivity index (χ4v) is 2.76. The topological polar surface area (TPSA) is 57.6 Å². The molecular formula is C14H17NO3S. The molecule has 5 heteroatoms. The highest BCUT2D eigenvalue weighted by atomic mass is 32.2. The second kappa shape index (κ2) is 5.19. The van der Waals surface area contributed by atoms with Crippen LogP contribution in [0.4, 0.5) is 5.69 Å². The molecule has 0 radical (unpaired) electrons. The van der Waals surface area contributed by atoms with Crippen LogP contribution < -0.4 is 4.90 Å². The molecule has 102 valence electrons. The van der Waals surface area contributed by atoms with E-state index < -0.39 is 10.1 Å². The first-order valence-electron chi connectivity index (χ1n) is 6.22. The summed E-state index contributed by atoms with van der Waals surface area (Å²) < 4.78 is 31.4. The number of benzene rings is 2. The van der Waals surface area contributed by atoms with Crippen LogP contribution in [0.1, 0.15) is 13.8 Å². The summed E-state index contributed by atoms with van der Waals surface area (Å²) in [7, 11) is -4.15.